The third-order valence-electron chi connectivity index (χ3n) is 3.66. The molecule has 0 radical (unpaired) electrons. The molecule has 1 unspecified atom stereocenters. The van der Waals surface area contributed by atoms with E-state index in [0.717, 1.165) is 25.8 Å². The lowest BCUT2D eigenvalue weighted by atomic mass is 9.66. The van der Waals surface area contributed by atoms with E-state index in [0.29, 0.717) is 18.2 Å². The van der Waals surface area contributed by atoms with Gasteiger partial charge < -0.3 is 11.1 Å². The van der Waals surface area contributed by atoms with Crippen molar-refractivity contribution in [3.63, 3.8) is 0 Å². The lowest BCUT2D eigenvalue weighted by molar-refractivity contribution is -0.124. The SMILES string of the molecule is CSC(C)CCNC(=O)CC1(CN)CCC1. The number of rotatable bonds is 7. The number of nitrogens with two attached hydrogens (primary N) is 1. The van der Waals surface area contributed by atoms with Gasteiger partial charge in [-0.15, -0.1) is 0 Å². The second-order valence-corrected chi connectivity index (χ2v) is 6.20. The van der Waals surface area contributed by atoms with Gasteiger partial charge in [0, 0.05) is 18.2 Å². The molecule has 1 atom stereocenters. The van der Waals surface area contributed by atoms with Crippen LogP contribution in [0.15, 0.2) is 0 Å². The summed E-state index contributed by atoms with van der Waals surface area (Å²) in [4.78, 5) is 11.7. The van der Waals surface area contributed by atoms with Crippen molar-refractivity contribution in [2.24, 2.45) is 11.1 Å². The molecule has 0 aromatic rings. The molecule has 3 nitrogen and oxygen atoms in total. The van der Waals surface area contributed by atoms with Crippen molar-refractivity contribution in [1.29, 1.82) is 0 Å². The highest BCUT2D eigenvalue weighted by Crippen LogP contribution is 2.42. The Labute approximate surface area is 103 Å². The van der Waals surface area contributed by atoms with Gasteiger partial charge in [0.05, 0.1) is 0 Å². The van der Waals surface area contributed by atoms with Crippen LogP contribution in [-0.4, -0.2) is 30.5 Å². The van der Waals surface area contributed by atoms with Crippen molar-refractivity contribution in [3.05, 3.63) is 0 Å². The quantitative estimate of drug-likeness (QED) is 0.717. The number of nitrogens with one attached hydrogen (secondary N) is 1. The van der Waals surface area contributed by atoms with E-state index in [2.05, 4.69) is 18.5 Å². The van der Waals surface area contributed by atoms with Gasteiger partial charge in [-0.05, 0) is 37.5 Å². The smallest absolute Gasteiger partial charge is 0.220 e. The Morgan fingerprint density at radius 3 is 2.69 bits per heavy atom. The lowest BCUT2D eigenvalue weighted by Crippen LogP contribution is -2.42. The van der Waals surface area contributed by atoms with Crippen molar-refractivity contribution in [2.45, 2.75) is 44.3 Å². The monoisotopic (exact) mass is 244 g/mol. The molecule has 0 aliphatic heterocycles. The molecule has 94 valence electrons. The summed E-state index contributed by atoms with van der Waals surface area (Å²) >= 11 is 1.84. The molecule has 1 fully saturated rings. The summed E-state index contributed by atoms with van der Waals surface area (Å²) < 4.78 is 0. The summed E-state index contributed by atoms with van der Waals surface area (Å²) in [6.07, 6.45) is 7.24. The van der Waals surface area contributed by atoms with E-state index in [1.165, 1.54) is 6.42 Å². The summed E-state index contributed by atoms with van der Waals surface area (Å²) in [7, 11) is 0. The summed E-state index contributed by atoms with van der Waals surface area (Å²) in [6, 6.07) is 0. The molecule has 0 heterocycles. The molecule has 1 saturated carbocycles. The molecule has 4 heteroatoms. The molecular weight excluding hydrogens is 220 g/mol. The maximum atomic E-state index is 11.7. The normalized spacial score (nSPS) is 19.9. The maximum absolute atomic E-state index is 11.7. The average Bonchev–Trinajstić information content (AvgIpc) is 2.23. The predicted octanol–water partition coefficient (Wildman–Crippen LogP) is 1.76. The Balaban J connectivity index is 2.15. The molecule has 16 heavy (non-hydrogen) atoms. The molecule has 0 aromatic heterocycles. The van der Waals surface area contributed by atoms with Gasteiger partial charge in [0.15, 0.2) is 0 Å². The fourth-order valence-electron chi connectivity index (χ4n) is 2.07. The number of amides is 1. The second kappa shape index (κ2) is 6.50. The minimum absolute atomic E-state index is 0.134. The molecule has 0 spiro atoms. The Morgan fingerprint density at radius 2 is 2.25 bits per heavy atom. The molecule has 0 bridgehead atoms. The maximum Gasteiger partial charge on any atom is 0.220 e. The van der Waals surface area contributed by atoms with Crippen LogP contribution >= 0.6 is 11.8 Å². The van der Waals surface area contributed by atoms with Crippen LogP contribution in [-0.2, 0) is 4.79 Å². The van der Waals surface area contributed by atoms with E-state index in [9.17, 15) is 4.79 Å². The first-order valence-electron chi connectivity index (χ1n) is 6.11. The Bertz CT molecular complexity index is 224. The zero-order valence-corrected chi connectivity index (χ0v) is 11.2. The van der Waals surface area contributed by atoms with Gasteiger partial charge in [0.2, 0.25) is 5.91 Å². The first-order valence-corrected chi connectivity index (χ1v) is 7.40. The van der Waals surface area contributed by atoms with E-state index in [-0.39, 0.29) is 11.3 Å². The lowest BCUT2D eigenvalue weighted by Gasteiger charge is -2.40. The zero-order chi connectivity index (χ0) is 12.0. The topological polar surface area (TPSA) is 55.1 Å². The van der Waals surface area contributed by atoms with Crippen molar-refractivity contribution in [2.75, 3.05) is 19.3 Å². The van der Waals surface area contributed by atoms with E-state index >= 15 is 0 Å². The molecule has 1 aliphatic rings. The van der Waals surface area contributed by atoms with Gasteiger partial charge in [-0.1, -0.05) is 13.3 Å². The Kier molecular flexibility index (Phi) is 5.62. The summed E-state index contributed by atoms with van der Waals surface area (Å²) in [5.41, 5.74) is 5.87. The van der Waals surface area contributed by atoms with Crippen LogP contribution in [0.2, 0.25) is 0 Å². The Hall–Kier alpha value is -0.220. The first-order chi connectivity index (χ1) is 7.62. The highest BCUT2D eigenvalue weighted by atomic mass is 32.2. The molecule has 1 aliphatic carbocycles. The van der Waals surface area contributed by atoms with E-state index in [1.807, 2.05) is 11.8 Å². The molecule has 1 rings (SSSR count). The van der Waals surface area contributed by atoms with Crippen LogP contribution in [0.1, 0.15) is 39.0 Å². The van der Waals surface area contributed by atoms with Crippen LogP contribution in [0, 0.1) is 5.41 Å². The molecule has 0 aromatic carbocycles. The van der Waals surface area contributed by atoms with Gasteiger partial charge in [-0.3, -0.25) is 4.79 Å². The second-order valence-electron chi connectivity index (χ2n) is 4.92. The van der Waals surface area contributed by atoms with E-state index < -0.39 is 0 Å². The fraction of sp³-hybridized carbons (Fsp3) is 0.917. The zero-order valence-electron chi connectivity index (χ0n) is 10.4. The number of carbonyl (C=O) groups is 1. The van der Waals surface area contributed by atoms with Gasteiger partial charge in [0.1, 0.15) is 0 Å². The van der Waals surface area contributed by atoms with Crippen molar-refractivity contribution in [3.8, 4) is 0 Å². The van der Waals surface area contributed by atoms with Gasteiger partial charge in [-0.2, -0.15) is 11.8 Å². The molecule has 1 amide bonds. The first kappa shape index (κ1) is 13.8. The minimum Gasteiger partial charge on any atom is -0.356 e. The number of thioether (sulfide) groups is 1. The van der Waals surface area contributed by atoms with Crippen molar-refractivity contribution < 1.29 is 4.79 Å². The number of hydrogen-bond donors (Lipinski definition) is 2. The van der Waals surface area contributed by atoms with Gasteiger partial charge in [0.25, 0.3) is 0 Å². The number of hydrogen-bond acceptors (Lipinski definition) is 3. The van der Waals surface area contributed by atoms with E-state index in [1.54, 1.807) is 0 Å². The third-order valence-corrected chi connectivity index (χ3v) is 4.70. The largest absolute Gasteiger partial charge is 0.356 e. The fourth-order valence-corrected chi connectivity index (χ4v) is 2.42. The standard InChI is InChI=1S/C12H24N2OS/c1-10(16-2)4-7-14-11(15)8-12(9-13)5-3-6-12/h10H,3-9,13H2,1-2H3,(H,14,15). The van der Waals surface area contributed by atoms with Crippen LogP contribution < -0.4 is 11.1 Å². The highest BCUT2D eigenvalue weighted by molar-refractivity contribution is 7.99. The van der Waals surface area contributed by atoms with Gasteiger partial charge in [-0.25, -0.2) is 0 Å². The highest BCUT2D eigenvalue weighted by Gasteiger charge is 2.37. The number of carbonyl (C=O) groups excluding carboxylic acids is 1. The molecule has 3 N–H and O–H groups in total. The minimum atomic E-state index is 0.134. The van der Waals surface area contributed by atoms with Gasteiger partial charge >= 0.3 is 0 Å². The summed E-state index contributed by atoms with van der Waals surface area (Å²) in [6.45, 7) is 3.63. The summed E-state index contributed by atoms with van der Waals surface area (Å²) in [5.74, 6) is 0.179. The van der Waals surface area contributed by atoms with Crippen LogP contribution in [0.3, 0.4) is 0 Å². The average molecular weight is 244 g/mol. The van der Waals surface area contributed by atoms with Crippen LogP contribution in [0.4, 0.5) is 0 Å². The van der Waals surface area contributed by atoms with Crippen molar-refractivity contribution in [1.82, 2.24) is 5.32 Å². The van der Waals surface area contributed by atoms with Crippen molar-refractivity contribution >= 4 is 17.7 Å². The molecular formula is C12H24N2OS. The third kappa shape index (κ3) is 3.98. The summed E-state index contributed by atoms with van der Waals surface area (Å²) in [5, 5.41) is 3.62. The predicted molar refractivity (Wildman–Crippen MR) is 70.6 cm³/mol. The van der Waals surface area contributed by atoms with Crippen LogP contribution in [0.5, 0.6) is 0 Å². The van der Waals surface area contributed by atoms with Crippen LogP contribution in [0.25, 0.3) is 0 Å². The molecule has 0 saturated heterocycles. The Morgan fingerprint density at radius 1 is 1.56 bits per heavy atom. The van der Waals surface area contributed by atoms with E-state index in [4.69, 9.17) is 5.73 Å².